The van der Waals surface area contributed by atoms with Crippen molar-refractivity contribution in [2.45, 2.75) is 6.92 Å². The van der Waals surface area contributed by atoms with Gasteiger partial charge in [0.05, 0.1) is 18.4 Å². The summed E-state index contributed by atoms with van der Waals surface area (Å²) in [6.07, 6.45) is 1.68. The molecule has 0 radical (unpaired) electrons. The van der Waals surface area contributed by atoms with Crippen LogP contribution >= 0.6 is 0 Å². The van der Waals surface area contributed by atoms with Gasteiger partial charge in [-0.15, -0.1) is 10.2 Å². The van der Waals surface area contributed by atoms with E-state index < -0.39 is 11.9 Å². The van der Waals surface area contributed by atoms with Crippen molar-refractivity contribution in [1.29, 1.82) is 0 Å². The molecule has 1 N–H and O–H groups in total. The van der Waals surface area contributed by atoms with Gasteiger partial charge in [-0.1, -0.05) is 6.07 Å². The second-order valence-electron chi connectivity index (χ2n) is 5.26. The van der Waals surface area contributed by atoms with E-state index in [-0.39, 0.29) is 11.5 Å². The zero-order valence-electron chi connectivity index (χ0n) is 13.5. The third-order valence-electron chi connectivity index (χ3n) is 3.49. The number of carboxylic acid groups (broad SMARTS) is 1. The van der Waals surface area contributed by atoms with Crippen LogP contribution in [0.2, 0.25) is 0 Å². The summed E-state index contributed by atoms with van der Waals surface area (Å²) in [5.41, 5.74) is 1.93. The van der Waals surface area contributed by atoms with Crippen molar-refractivity contribution in [3.8, 4) is 0 Å². The van der Waals surface area contributed by atoms with E-state index in [0.717, 1.165) is 5.56 Å². The van der Waals surface area contributed by atoms with Gasteiger partial charge >= 0.3 is 11.9 Å². The number of aryl methyl sites for hydroxylation is 1. The molecule has 0 aliphatic rings. The van der Waals surface area contributed by atoms with Gasteiger partial charge in [0.15, 0.2) is 11.5 Å². The quantitative estimate of drug-likeness (QED) is 0.578. The number of hydrogen-bond donors (Lipinski definition) is 1. The number of fused-ring (bicyclic) bond motifs is 1. The van der Waals surface area contributed by atoms with Gasteiger partial charge in [-0.05, 0) is 42.8 Å². The highest BCUT2D eigenvalue weighted by molar-refractivity contribution is 5.92. The summed E-state index contributed by atoms with van der Waals surface area (Å²) in [4.78, 5) is 27.1. The number of nitrogens with zero attached hydrogens (tertiary/aromatic N) is 4. The number of azo groups is 1. The Labute approximate surface area is 142 Å². The van der Waals surface area contributed by atoms with Crippen LogP contribution in [0.3, 0.4) is 0 Å². The van der Waals surface area contributed by atoms with Crippen molar-refractivity contribution in [3.05, 3.63) is 59.4 Å². The predicted octanol–water partition coefficient (Wildman–Crippen LogP) is 3.54. The van der Waals surface area contributed by atoms with Gasteiger partial charge in [0.1, 0.15) is 5.65 Å². The lowest BCUT2D eigenvalue weighted by Gasteiger charge is -2.00. The smallest absolute Gasteiger partial charge is 0.358 e. The molecule has 2 heterocycles. The number of imidazole rings is 1. The molecule has 0 bridgehead atoms. The number of hydrogen-bond acceptors (Lipinski definition) is 6. The minimum atomic E-state index is -1.20. The normalized spacial score (nSPS) is 11.1. The summed E-state index contributed by atoms with van der Waals surface area (Å²) in [5.74, 6) is -1.59. The molecule has 2 aromatic heterocycles. The van der Waals surface area contributed by atoms with E-state index in [0.29, 0.717) is 16.9 Å². The van der Waals surface area contributed by atoms with Crippen LogP contribution in [-0.4, -0.2) is 33.5 Å². The number of aromatic carboxylic acids is 1. The SMILES string of the molecule is COC(=O)c1cccc(N=Nc2c(C(=O)O)nc3cc(C)ccn23)c1. The molecule has 0 saturated carbocycles. The number of rotatable bonds is 4. The maximum absolute atomic E-state index is 11.6. The Balaban J connectivity index is 2.05. The fourth-order valence-electron chi connectivity index (χ4n) is 2.29. The van der Waals surface area contributed by atoms with Crippen LogP contribution in [0.1, 0.15) is 26.4 Å². The lowest BCUT2D eigenvalue weighted by atomic mass is 10.2. The first kappa shape index (κ1) is 16.3. The van der Waals surface area contributed by atoms with Gasteiger partial charge in [-0.25, -0.2) is 14.6 Å². The maximum atomic E-state index is 11.6. The molecule has 3 aromatic rings. The van der Waals surface area contributed by atoms with Crippen LogP contribution in [-0.2, 0) is 4.74 Å². The Morgan fingerprint density at radius 1 is 1.20 bits per heavy atom. The van der Waals surface area contributed by atoms with E-state index in [2.05, 4.69) is 19.9 Å². The van der Waals surface area contributed by atoms with Crippen LogP contribution < -0.4 is 0 Å². The summed E-state index contributed by atoms with van der Waals surface area (Å²) >= 11 is 0. The number of aromatic nitrogens is 2. The molecule has 25 heavy (non-hydrogen) atoms. The predicted molar refractivity (Wildman–Crippen MR) is 88.8 cm³/mol. The van der Waals surface area contributed by atoms with Crippen LogP contribution in [0.4, 0.5) is 11.5 Å². The first-order valence-corrected chi connectivity index (χ1v) is 7.31. The third-order valence-corrected chi connectivity index (χ3v) is 3.49. The van der Waals surface area contributed by atoms with Crippen molar-refractivity contribution in [3.63, 3.8) is 0 Å². The first-order valence-electron chi connectivity index (χ1n) is 7.31. The molecule has 1 aromatic carbocycles. The highest BCUT2D eigenvalue weighted by atomic mass is 16.5. The second kappa shape index (κ2) is 6.52. The standard InChI is InChI=1S/C17H14N4O4/c1-10-6-7-21-13(8-10)18-14(16(22)23)15(21)20-19-12-5-3-4-11(9-12)17(24)25-2/h3-9H,1-2H3,(H,22,23). The number of pyridine rings is 1. The molecule has 0 unspecified atom stereocenters. The Hall–Kier alpha value is -3.55. The van der Waals surface area contributed by atoms with Gasteiger partial charge in [-0.2, -0.15) is 0 Å². The van der Waals surface area contributed by atoms with Crippen LogP contribution in [0.25, 0.3) is 5.65 Å². The van der Waals surface area contributed by atoms with Crippen LogP contribution in [0.5, 0.6) is 0 Å². The second-order valence-corrected chi connectivity index (χ2v) is 5.26. The molecule has 0 amide bonds. The van der Waals surface area contributed by atoms with Gasteiger partial charge in [0.25, 0.3) is 0 Å². The first-order chi connectivity index (χ1) is 12.0. The number of benzene rings is 1. The molecule has 0 aliphatic heterocycles. The fourth-order valence-corrected chi connectivity index (χ4v) is 2.29. The Morgan fingerprint density at radius 3 is 2.72 bits per heavy atom. The summed E-state index contributed by atoms with van der Waals surface area (Å²) in [5, 5.41) is 17.4. The number of carbonyl (C=O) groups excluding carboxylic acids is 1. The Kier molecular flexibility index (Phi) is 4.25. The van der Waals surface area contributed by atoms with E-state index >= 15 is 0 Å². The van der Waals surface area contributed by atoms with Crippen molar-refractivity contribution in [2.75, 3.05) is 7.11 Å². The van der Waals surface area contributed by atoms with Gasteiger partial charge < -0.3 is 9.84 Å². The highest BCUT2D eigenvalue weighted by Gasteiger charge is 2.18. The molecular formula is C17H14N4O4. The minimum absolute atomic E-state index is 0.103. The number of ether oxygens (including phenoxy) is 1. The average molecular weight is 338 g/mol. The third kappa shape index (κ3) is 3.23. The summed E-state index contributed by atoms with van der Waals surface area (Å²) < 4.78 is 6.20. The van der Waals surface area contributed by atoms with Crippen molar-refractivity contribution in [2.24, 2.45) is 10.2 Å². The summed E-state index contributed by atoms with van der Waals surface area (Å²) in [6, 6.07) is 9.94. The largest absolute Gasteiger partial charge is 0.476 e. The van der Waals surface area contributed by atoms with Crippen molar-refractivity contribution in [1.82, 2.24) is 9.38 Å². The Morgan fingerprint density at radius 2 is 2.00 bits per heavy atom. The molecular weight excluding hydrogens is 324 g/mol. The number of carbonyl (C=O) groups is 2. The molecule has 0 atom stereocenters. The number of carboxylic acids is 1. The lowest BCUT2D eigenvalue weighted by Crippen LogP contribution is -1.99. The van der Waals surface area contributed by atoms with E-state index in [9.17, 15) is 14.7 Å². The average Bonchev–Trinajstić information content (AvgIpc) is 2.97. The van der Waals surface area contributed by atoms with E-state index in [4.69, 9.17) is 0 Å². The van der Waals surface area contributed by atoms with Crippen molar-refractivity contribution < 1.29 is 19.4 Å². The highest BCUT2D eigenvalue weighted by Crippen LogP contribution is 2.25. The van der Waals surface area contributed by atoms with Crippen molar-refractivity contribution >= 4 is 29.1 Å². The number of methoxy groups -OCH3 is 1. The molecule has 0 fully saturated rings. The van der Waals surface area contributed by atoms with Crippen LogP contribution in [0, 0.1) is 6.92 Å². The Bertz CT molecular complexity index is 1010. The monoisotopic (exact) mass is 338 g/mol. The molecule has 3 rings (SSSR count). The van der Waals surface area contributed by atoms with Crippen LogP contribution in [0.15, 0.2) is 52.8 Å². The topological polar surface area (TPSA) is 106 Å². The maximum Gasteiger partial charge on any atom is 0.358 e. The molecule has 8 heteroatoms. The zero-order chi connectivity index (χ0) is 18.0. The molecule has 8 nitrogen and oxygen atoms in total. The van der Waals surface area contributed by atoms with E-state index in [1.807, 2.05) is 13.0 Å². The van der Waals surface area contributed by atoms with E-state index in [1.54, 1.807) is 34.9 Å². The molecule has 126 valence electrons. The van der Waals surface area contributed by atoms with Gasteiger partial charge in [0, 0.05) is 6.20 Å². The number of esters is 1. The van der Waals surface area contributed by atoms with Gasteiger partial charge in [0.2, 0.25) is 0 Å². The van der Waals surface area contributed by atoms with Gasteiger partial charge in [-0.3, -0.25) is 4.40 Å². The summed E-state index contributed by atoms with van der Waals surface area (Å²) in [7, 11) is 1.29. The fraction of sp³-hybridized carbons (Fsp3) is 0.118. The molecule has 0 aliphatic carbocycles. The lowest BCUT2D eigenvalue weighted by molar-refractivity contribution is 0.0600. The minimum Gasteiger partial charge on any atom is -0.476 e. The zero-order valence-corrected chi connectivity index (χ0v) is 13.5. The molecule has 0 saturated heterocycles. The molecule has 0 spiro atoms. The summed E-state index contributed by atoms with van der Waals surface area (Å²) in [6.45, 7) is 1.88. The van der Waals surface area contributed by atoms with E-state index in [1.165, 1.54) is 13.2 Å².